The first-order chi connectivity index (χ1) is 8.58. The largest absolute Gasteiger partial charge is 0.369 e. The molecule has 0 saturated carbocycles. The Bertz CT molecular complexity index is 569. The van der Waals surface area contributed by atoms with Gasteiger partial charge < -0.3 is 11.5 Å². The number of carbonyl (C=O) groups excluding carboxylic acids is 2. The summed E-state index contributed by atoms with van der Waals surface area (Å²) in [4.78, 5) is 22.2. The van der Waals surface area contributed by atoms with Crippen LogP contribution in [0.15, 0.2) is 36.4 Å². The van der Waals surface area contributed by atoms with E-state index in [2.05, 4.69) is 0 Å². The zero-order chi connectivity index (χ0) is 13.1. The third-order valence-corrected chi connectivity index (χ3v) is 2.81. The van der Waals surface area contributed by atoms with Gasteiger partial charge in [-0.15, -0.1) is 0 Å². The van der Waals surface area contributed by atoms with Crippen molar-refractivity contribution >= 4 is 22.6 Å². The summed E-state index contributed by atoms with van der Waals surface area (Å²) in [5.41, 5.74) is 12.1. The summed E-state index contributed by atoms with van der Waals surface area (Å²) in [6.45, 7) is 0. The molecule has 0 bridgehead atoms. The van der Waals surface area contributed by atoms with Crippen LogP contribution in [0.2, 0.25) is 0 Å². The van der Waals surface area contributed by atoms with Crippen LogP contribution in [0.1, 0.15) is 11.1 Å². The SMILES string of the molecule is NC(=O)Cc1cccc2cccc(CC(N)=O)c12. The van der Waals surface area contributed by atoms with Gasteiger partial charge in [-0.2, -0.15) is 0 Å². The van der Waals surface area contributed by atoms with Gasteiger partial charge in [-0.25, -0.2) is 0 Å². The predicted molar refractivity (Wildman–Crippen MR) is 69.7 cm³/mol. The second-order valence-corrected chi connectivity index (χ2v) is 4.22. The molecule has 0 fully saturated rings. The topological polar surface area (TPSA) is 86.2 Å². The summed E-state index contributed by atoms with van der Waals surface area (Å²) in [6.07, 6.45) is 0.320. The minimum absolute atomic E-state index is 0.160. The Balaban J connectivity index is 2.63. The molecule has 0 aliphatic heterocycles. The van der Waals surface area contributed by atoms with Crippen LogP contribution in [-0.2, 0) is 22.4 Å². The highest BCUT2D eigenvalue weighted by molar-refractivity contribution is 5.94. The normalized spacial score (nSPS) is 10.4. The number of benzene rings is 2. The summed E-state index contributed by atoms with van der Waals surface area (Å²) in [6, 6.07) is 11.3. The molecule has 0 aromatic heterocycles. The van der Waals surface area contributed by atoms with Gasteiger partial charge in [0, 0.05) is 0 Å². The molecule has 0 heterocycles. The molecule has 0 aliphatic carbocycles. The smallest absolute Gasteiger partial charge is 0.221 e. The minimum Gasteiger partial charge on any atom is -0.369 e. The maximum absolute atomic E-state index is 11.1. The van der Waals surface area contributed by atoms with E-state index >= 15 is 0 Å². The molecular formula is C14H14N2O2. The summed E-state index contributed by atoms with van der Waals surface area (Å²) < 4.78 is 0. The van der Waals surface area contributed by atoms with E-state index in [9.17, 15) is 9.59 Å². The van der Waals surface area contributed by atoms with E-state index in [0.717, 1.165) is 21.9 Å². The Morgan fingerprint density at radius 2 is 1.28 bits per heavy atom. The van der Waals surface area contributed by atoms with Gasteiger partial charge in [-0.05, 0) is 21.9 Å². The number of hydrogen-bond donors (Lipinski definition) is 2. The lowest BCUT2D eigenvalue weighted by Crippen LogP contribution is -2.16. The zero-order valence-corrected chi connectivity index (χ0v) is 9.85. The molecule has 18 heavy (non-hydrogen) atoms. The van der Waals surface area contributed by atoms with E-state index in [1.807, 2.05) is 36.4 Å². The van der Waals surface area contributed by atoms with Crippen LogP contribution in [0, 0.1) is 0 Å². The van der Waals surface area contributed by atoms with Crippen LogP contribution < -0.4 is 11.5 Å². The minimum atomic E-state index is -0.392. The van der Waals surface area contributed by atoms with Crippen LogP contribution in [0.5, 0.6) is 0 Å². The van der Waals surface area contributed by atoms with E-state index < -0.39 is 11.8 Å². The molecule has 92 valence electrons. The molecule has 0 atom stereocenters. The first-order valence-electron chi connectivity index (χ1n) is 5.64. The molecule has 2 amide bonds. The van der Waals surface area contributed by atoms with Gasteiger partial charge in [-0.3, -0.25) is 9.59 Å². The van der Waals surface area contributed by atoms with E-state index in [1.165, 1.54) is 0 Å². The lowest BCUT2D eigenvalue weighted by atomic mass is 9.95. The van der Waals surface area contributed by atoms with E-state index in [1.54, 1.807) is 0 Å². The molecule has 0 aliphatic rings. The van der Waals surface area contributed by atoms with Crippen molar-refractivity contribution in [2.24, 2.45) is 11.5 Å². The molecule has 0 spiro atoms. The Hall–Kier alpha value is -2.36. The van der Waals surface area contributed by atoms with Gasteiger partial charge in [0.25, 0.3) is 0 Å². The van der Waals surface area contributed by atoms with Gasteiger partial charge in [0.15, 0.2) is 0 Å². The predicted octanol–water partition coefficient (Wildman–Crippen LogP) is 0.895. The monoisotopic (exact) mass is 242 g/mol. The third-order valence-electron chi connectivity index (χ3n) is 2.81. The number of fused-ring (bicyclic) bond motifs is 1. The van der Waals surface area contributed by atoms with Crippen LogP contribution in [0.3, 0.4) is 0 Å². The molecule has 4 nitrogen and oxygen atoms in total. The number of primary amides is 2. The summed E-state index contributed by atoms with van der Waals surface area (Å²) in [5.74, 6) is -0.784. The fourth-order valence-corrected chi connectivity index (χ4v) is 2.17. The average Bonchev–Trinajstić information content (AvgIpc) is 2.27. The number of carbonyl (C=O) groups is 2. The Morgan fingerprint density at radius 3 is 1.67 bits per heavy atom. The van der Waals surface area contributed by atoms with Gasteiger partial charge in [0.1, 0.15) is 0 Å². The summed E-state index contributed by atoms with van der Waals surface area (Å²) in [7, 11) is 0. The van der Waals surface area contributed by atoms with Crippen LogP contribution in [-0.4, -0.2) is 11.8 Å². The number of nitrogens with two attached hydrogens (primary N) is 2. The molecule has 2 aromatic carbocycles. The van der Waals surface area contributed by atoms with Crippen molar-refractivity contribution in [1.29, 1.82) is 0 Å². The molecule has 0 saturated heterocycles. The molecule has 2 aromatic rings. The van der Waals surface area contributed by atoms with Crippen molar-refractivity contribution in [3.63, 3.8) is 0 Å². The molecule has 2 rings (SSSR count). The second-order valence-electron chi connectivity index (χ2n) is 4.22. The van der Waals surface area contributed by atoms with Gasteiger partial charge in [0.05, 0.1) is 12.8 Å². The number of rotatable bonds is 4. The fourth-order valence-electron chi connectivity index (χ4n) is 2.17. The van der Waals surface area contributed by atoms with Crippen molar-refractivity contribution in [3.05, 3.63) is 47.5 Å². The van der Waals surface area contributed by atoms with Crippen molar-refractivity contribution < 1.29 is 9.59 Å². The summed E-state index contributed by atoms with van der Waals surface area (Å²) >= 11 is 0. The Morgan fingerprint density at radius 1 is 0.833 bits per heavy atom. The first-order valence-corrected chi connectivity index (χ1v) is 5.64. The highest BCUT2D eigenvalue weighted by Crippen LogP contribution is 2.24. The molecular weight excluding hydrogens is 228 g/mol. The van der Waals surface area contributed by atoms with Crippen molar-refractivity contribution in [2.45, 2.75) is 12.8 Å². The fraction of sp³-hybridized carbons (Fsp3) is 0.143. The second kappa shape index (κ2) is 4.87. The molecule has 4 N–H and O–H groups in total. The van der Waals surface area contributed by atoms with Gasteiger partial charge >= 0.3 is 0 Å². The maximum atomic E-state index is 11.1. The highest BCUT2D eigenvalue weighted by atomic mass is 16.1. The summed E-state index contributed by atoms with van der Waals surface area (Å²) in [5, 5.41) is 1.88. The van der Waals surface area contributed by atoms with E-state index in [4.69, 9.17) is 11.5 Å². The molecule has 4 heteroatoms. The standard InChI is InChI=1S/C14H14N2O2/c15-12(17)7-10-5-1-3-9-4-2-6-11(14(9)10)8-13(16)18/h1-6H,7-8H2,(H2,15,17)(H2,16,18). The Kier molecular flexibility index (Phi) is 3.28. The van der Waals surface area contributed by atoms with Crippen molar-refractivity contribution in [1.82, 2.24) is 0 Å². The van der Waals surface area contributed by atoms with Crippen LogP contribution in [0.4, 0.5) is 0 Å². The van der Waals surface area contributed by atoms with Crippen molar-refractivity contribution in [3.8, 4) is 0 Å². The van der Waals surface area contributed by atoms with E-state index in [-0.39, 0.29) is 12.8 Å². The van der Waals surface area contributed by atoms with Crippen LogP contribution >= 0.6 is 0 Å². The first kappa shape index (κ1) is 12.1. The zero-order valence-electron chi connectivity index (χ0n) is 9.85. The highest BCUT2D eigenvalue weighted by Gasteiger charge is 2.09. The number of hydrogen-bond acceptors (Lipinski definition) is 2. The lowest BCUT2D eigenvalue weighted by molar-refractivity contribution is -0.118. The van der Waals surface area contributed by atoms with Crippen LogP contribution in [0.25, 0.3) is 10.8 Å². The van der Waals surface area contributed by atoms with E-state index in [0.29, 0.717) is 0 Å². The Labute approximate surface area is 105 Å². The van der Waals surface area contributed by atoms with Gasteiger partial charge in [-0.1, -0.05) is 36.4 Å². The van der Waals surface area contributed by atoms with Gasteiger partial charge in [0.2, 0.25) is 11.8 Å². The van der Waals surface area contributed by atoms with Crippen molar-refractivity contribution in [2.75, 3.05) is 0 Å². The average molecular weight is 242 g/mol. The molecule has 0 radical (unpaired) electrons. The maximum Gasteiger partial charge on any atom is 0.221 e. The quantitative estimate of drug-likeness (QED) is 0.834. The molecule has 0 unspecified atom stereocenters. The lowest BCUT2D eigenvalue weighted by Gasteiger charge is -2.09. The third kappa shape index (κ3) is 2.48. The number of amides is 2.